The maximum absolute atomic E-state index is 12.4. The molecule has 15 nitrogen and oxygen atoms in total. The quantitative estimate of drug-likeness (QED) is 0.0476. The molecule has 0 bridgehead atoms. The minimum absolute atomic E-state index is 0.101. The molecule has 0 aromatic heterocycles. The number of likely N-dealkylation sites (N-methyl/N-ethyl adjacent to an activating group) is 2. The SMILES string of the molecule is CC1c2cccc3cccc(c23)C1C1c2cccc3c(CO)ccc(c23)C1C.CCN1C(=O)N(COC)C2C1N(CC)C(=O)N2COC.CCc1cc(C(C)(C)c2ccc(C(C)(c3cc(CC)c(O)c(COC)c3)c3cc(COC)c(O)c(COC)c3)cc2)cc(CC)c1O. The summed E-state index contributed by atoms with van der Waals surface area (Å²) in [5, 5.41) is 48.3. The average molecular weight is 1290 g/mol. The molecule has 4 aliphatic rings. The highest BCUT2D eigenvalue weighted by Crippen LogP contribution is 2.61. The van der Waals surface area contributed by atoms with E-state index in [1.165, 1.54) is 63.6 Å². The van der Waals surface area contributed by atoms with Crippen molar-refractivity contribution >= 4 is 33.6 Å². The van der Waals surface area contributed by atoms with Gasteiger partial charge >= 0.3 is 12.1 Å². The molecular formula is C80H98N4O11. The topological polar surface area (TPSA) is 174 Å². The van der Waals surface area contributed by atoms with Gasteiger partial charge in [-0.05, 0) is 176 Å². The predicted molar refractivity (Wildman–Crippen MR) is 375 cm³/mol. The van der Waals surface area contributed by atoms with Gasteiger partial charge in [-0.3, -0.25) is 9.80 Å². The first-order valence-electron chi connectivity index (χ1n) is 33.7. The number of phenols is 3. The molecule has 5 unspecified atom stereocenters. The van der Waals surface area contributed by atoms with Crippen LogP contribution >= 0.6 is 0 Å². The number of aromatic hydroxyl groups is 3. The average Bonchev–Trinajstić information content (AvgIpc) is 1.61. The number of hydrogen-bond donors (Lipinski definition) is 4. The van der Waals surface area contributed by atoms with Gasteiger partial charge in [-0.2, -0.15) is 0 Å². The molecule has 2 fully saturated rings. The van der Waals surface area contributed by atoms with E-state index in [9.17, 15) is 30.0 Å². The summed E-state index contributed by atoms with van der Waals surface area (Å²) in [6.07, 6.45) is 1.54. The third kappa shape index (κ3) is 12.3. The highest BCUT2D eigenvalue weighted by atomic mass is 16.5. The molecule has 15 heteroatoms. The van der Waals surface area contributed by atoms with E-state index in [4.69, 9.17) is 23.7 Å². The Hall–Kier alpha value is -8.02. The van der Waals surface area contributed by atoms with E-state index in [-0.39, 0.29) is 81.2 Å². The van der Waals surface area contributed by atoms with Crippen LogP contribution in [0.2, 0.25) is 0 Å². The standard InChI is InChI=1S/C41H52O6.C27H24O.C12H22N4O4/c1-10-26-17-34(18-27(11-2)37(26)42)40(4,5)32-13-15-33(16-14-32)41(6,35-19-28(12-3)38(43)29(20-35)23-45-7)36-21-30(24-46-8)39(44)31(22-36)25-47-9;1-15-19-8-3-6-17-7-4-10-22(26(17)19)24(15)25-16(2)20-13-12-18(14-28)21-9-5-11-23(25)27(20)21;1-5-13-9-10(15(7-19-3)11(13)17)16(8-20-4)12(18)14(9)6-2/h13-22,42-44H,10-12,23-25H2,1-9H3;3-13,15-16,24-25,28H,14H2,1-2H3;9-10H,5-8H2,1-4H3. The summed E-state index contributed by atoms with van der Waals surface area (Å²) in [6.45, 7) is 23.7. The Balaban J connectivity index is 0.000000172. The van der Waals surface area contributed by atoms with E-state index in [1.54, 1.807) is 40.9 Å². The van der Waals surface area contributed by atoms with Crippen molar-refractivity contribution < 1.29 is 53.7 Å². The molecule has 4 amide bonds. The van der Waals surface area contributed by atoms with Crippen molar-refractivity contribution in [3.05, 3.63) is 216 Å². The number of aliphatic hydroxyl groups excluding tert-OH is 1. The molecule has 4 N–H and O–H groups in total. The maximum atomic E-state index is 12.4. The molecule has 2 aliphatic carbocycles. The molecule has 0 saturated carbocycles. The summed E-state index contributed by atoms with van der Waals surface area (Å²) in [5.41, 5.74) is 16.2. The van der Waals surface area contributed by atoms with Crippen LogP contribution in [-0.2, 0) is 80.2 Å². The van der Waals surface area contributed by atoms with Gasteiger partial charge in [0.25, 0.3) is 0 Å². The van der Waals surface area contributed by atoms with Gasteiger partial charge in [-0.1, -0.05) is 158 Å². The third-order valence-electron chi connectivity index (χ3n) is 21.1. The van der Waals surface area contributed by atoms with Gasteiger partial charge in [0.05, 0.1) is 26.4 Å². The molecule has 8 aromatic rings. The normalized spacial score (nSPS) is 19.4. The number of carbonyl (C=O) groups excluding carboxylic acids is 2. The number of nitrogens with zero attached hydrogens (tertiary/aromatic N) is 4. The van der Waals surface area contributed by atoms with Crippen LogP contribution in [0.25, 0.3) is 21.5 Å². The van der Waals surface area contributed by atoms with Crippen molar-refractivity contribution in [3.8, 4) is 17.2 Å². The predicted octanol–water partition coefficient (Wildman–Crippen LogP) is 15.6. The van der Waals surface area contributed by atoms with Crippen molar-refractivity contribution in [1.82, 2.24) is 19.6 Å². The summed E-state index contributed by atoms with van der Waals surface area (Å²) in [4.78, 5) is 31.4. The van der Waals surface area contributed by atoms with Crippen LogP contribution in [0.5, 0.6) is 17.2 Å². The molecule has 2 saturated heterocycles. The molecule has 2 aliphatic heterocycles. The number of hydrogen-bond acceptors (Lipinski definition) is 11. The number of phenolic OH excluding ortho intramolecular Hbond substituents is 3. The van der Waals surface area contributed by atoms with Crippen molar-refractivity contribution in [3.63, 3.8) is 0 Å². The van der Waals surface area contributed by atoms with Crippen LogP contribution in [0.3, 0.4) is 0 Å². The lowest BCUT2D eigenvalue weighted by atomic mass is 9.68. The number of rotatable bonds is 22. The second-order valence-corrected chi connectivity index (χ2v) is 26.5. The highest BCUT2D eigenvalue weighted by Gasteiger charge is 2.58. The zero-order valence-electron chi connectivity index (χ0n) is 58.3. The summed E-state index contributed by atoms with van der Waals surface area (Å²) >= 11 is 0. The van der Waals surface area contributed by atoms with Crippen LogP contribution in [0.15, 0.2) is 127 Å². The van der Waals surface area contributed by atoms with E-state index in [0.717, 1.165) is 62.9 Å². The van der Waals surface area contributed by atoms with Gasteiger partial charge in [-0.15, -0.1) is 0 Å². The molecular weight excluding hydrogens is 1190 g/mol. The van der Waals surface area contributed by atoms with Gasteiger partial charge in [0.2, 0.25) is 0 Å². The number of benzene rings is 8. The van der Waals surface area contributed by atoms with Crippen LogP contribution in [0.1, 0.15) is 182 Å². The molecule has 12 rings (SSSR count). The fourth-order valence-corrected chi connectivity index (χ4v) is 16.0. The van der Waals surface area contributed by atoms with Crippen molar-refractivity contribution in [2.45, 2.75) is 162 Å². The van der Waals surface area contributed by atoms with E-state index >= 15 is 0 Å². The Kier molecular flexibility index (Phi) is 21.4. The molecule has 5 atom stereocenters. The number of carbonyl (C=O) groups is 2. The fourth-order valence-electron chi connectivity index (χ4n) is 16.0. The number of aryl methyl sites for hydroxylation is 3. The monoisotopic (exact) mass is 1290 g/mol. The first-order chi connectivity index (χ1) is 45.7. The number of amides is 4. The van der Waals surface area contributed by atoms with Gasteiger partial charge in [-0.25, -0.2) is 9.59 Å². The van der Waals surface area contributed by atoms with Gasteiger partial charge in [0, 0.05) is 76.2 Å². The molecule has 8 aromatic carbocycles. The lowest BCUT2D eigenvalue weighted by Crippen LogP contribution is -2.47. The minimum atomic E-state index is -0.690. The number of aliphatic hydroxyl groups is 1. The van der Waals surface area contributed by atoms with Crippen LogP contribution < -0.4 is 0 Å². The Labute approximate surface area is 561 Å². The van der Waals surface area contributed by atoms with E-state index in [2.05, 4.69) is 158 Å². The van der Waals surface area contributed by atoms with Crippen LogP contribution in [0.4, 0.5) is 9.59 Å². The Morgan fingerprint density at radius 3 is 1.25 bits per heavy atom. The van der Waals surface area contributed by atoms with Crippen LogP contribution in [0, 0.1) is 0 Å². The maximum Gasteiger partial charge on any atom is 0.325 e. The Morgan fingerprint density at radius 1 is 0.421 bits per heavy atom. The van der Waals surface area contributed by atoms with E-state index < -0.39 is 5.41 Å². The molecule has 504 valence electrons. The largest absolute Gasteiger partial charge is 0.507 e. The Bertz CT molecular complexity index is 4000. The fraction of sp³-hybridized carbons (Fsp3) is 0.425. The number of methoxy groups -OCH3 is 5. The van der Waals surface area contributed by atoms with Crippen molar-refractivity contribution in [2.75, 3.05) is 62.1 Å². The highest BCUT2D eigenvalue weighted by molar-refractivity contribution is 5.97. The first-order valence-corrected chi connectivity index (χ1v) is 33.7. The summed E-state index contributed by atoms with van der Waals surface area (Å²) in [5.74, 6) is 2.79. The van der Waals surface area contributed by atoms with Gasteiger partial charge in [0.15, 0.2) is 6.17 Å². The first kappa shape index (κ1) is 69.8. The van der Waals surface area contributed by atoms with Gasteiger partial charge < -0.3 is 53.9 Å². The number of fused-ring (bicyclic) bond motifs is 1. The number of ether oxygens (including phenoxy) is 5. The molecule has 2 heterocycles. The molecule has 95 heavy (non-hydrogen) atoms. The number of urea groups is 2. The second kappa shape index (κ2) is 29.1. The van der Waals surface area contributed by atoms with Crippen molar-refractivity contribution in [1.29, 1.82) is 0 Å². The van der Waals surface area contributed by atoms with Crippen LogP contribution in [-0.4, -0.2) is 127 Å². The third-order valence-corrected chi connectivity index (χ3v) is 21.1. The molecule has 0 spiro atoms. The van der Waals surface area contributed by atoms with E-state index in [1.807, 2.05) is 39.0 Å². The summed E-state index contributed by atoms with van der Waals surface area (Å²) < 4.78 is 26.7. The minimum Gasteiger partial charge on any atom is -0.507 e. The second-order valence-electron chi connectivity index (χ2n) is 26.5. The molecule has 0 radical (unpaired) electrons. The summed E-state index contributed by atoms with van der Waals surface area (Å²) in [7, 11) is 7.94. The zero-order chi connectivity index (χ0) is 68.4. The lowest BCUT2D eigenvalue weighted by molar-refractivity contribution is -0.00235. The smallest absolute Gasteiger partial charge is 0.325 e. The van der Waals surface area contributed by atoms with E-state index in [0.29, 0.717) is 60.1 Å². The zero-order valence-corrected chi connectivity index (χ0v) is 58.3. The summed E-state index contributed by atoms with van der Waals surface area (Å²) in [6, 6.07) is 45.6. The Morgan fingerprint density at radius 2 is 0.811 bits per heavy atom. The lowest BCUT2D eigenvalue weighted by Gasteiger charge is -2.35. The van der Waals surface area contributed by atoms with Crippen molar-refractivity contribution in [2.24, 2.45) is 0 Å². The van der Waals surface area contributed by atoms with Gasteiger partial charge in [0.1, 0.15) is 36.9 Å².